The average molecular weight is 402 g/mol. The molecule has 5 rings (SSSR count). The predicted molar refractivity (Wildman–Crippen MR) is 114 cm³/mol. The quantitative estimate of drug-likeness (QED) is 0.430. The molecule has 0 unspecified atom stereocenters. The Bertz CT molecular complexity index is 848. The zero-order chi connectivity index (χ0) is 20.4. The van der Waals surface area contributed by atoms with Crippen LogP contribution in [0.4, 0.5) is 0 Å². The van der Waals surface area contributed by atoms with Crippen LogP contribution in [0.15, 0.2) is 91.0 Å². The fourth-order valence-corrected chi connectivity index (χ4v) is 4.45. The molecule has 2 fully saturated rings. The molecule has 3 aromatic carbocycles. The number of methoxy groups -OCH3 is 1. The number of fused-ring (bicyclic) bond motifs is 1. The molecule has 0 N–H and O–H groups in total. The molecular formula is C26H26O4. The van der Waals surface area contributed by atoms with E-state index in [9.17, 15) is 0 Å². The molecule has 0 aliphatic carbocycles. The maximum atomic E-state index is 6.86. The summed E-state index contributed by atoms with van der Waals surface area (Å²) in [5, 5.41) is 0. The first-order valence-corrected chi connectivity index (χ1v) is 10.5. The van der Waals surface area contributed by atoms with Crippen LogP contribution in [0.25, 0.3) is 0 Å². The van der Waals surface area contributed by atoms with Crippen molar-refractivity contribution in [3.63, 3.8) is 0 Å². The molecule has 0 aromatic heterocycles. The normalized spacial score (nSPS) is 25.5. The summed E-state index contributed by atoms with van der Waals surface area (Å²) in [6.45, 7) is 0.402. The van der Waals surface area contributed by atoms with Crippen LogP contribution in [0.3, 0.4) is 0 Å². The van der Waals surface area contributed by atoms with Gasteiger partial charge in [-0.3, -0.25) is 0 Å². The first kappa shape index (κ1) is 19.5. The topological polar surface area (TPSA) is 40.2 Å². The highest BCUT2D eigenvalue weighted by molar-refractivity contribution is 5.47. The summed E-state index contributed by atoms with van der Waals surface area (Å²) in [6, 6.07) is 31.1. The fraction of sp³-hybridized carbons (Fsp3) is 0.308. The van der Waals surface area contributed by atoms with Gasteiger partial charge in [-0.1, -0.05) is 91.0 Å². The summed E-state index contributed by atoms with van der Waals surface area (Å²) in [7, 11) is 1.67. The monoisotopic (exact) mass is 402 g/mol. The van der Waals surface area contributed by atoms with E-state index in [0.717, 1.165) is 23.1 Å². The second-order valence-electron chi connectivity index (χ2n) is 7.80. The molecule has 30 heavy (non-hydrogen) atoms. The SMILES string of the molecule is CO[C@H]1C[C@H]2O[C@H]2[C@H](COC(c2ccccc2)(c2ccccc2)c2ccccc2)O1. The van der Waals surface area contributed by atoms with Crippen molar-refractivity contribution in [2.45, 2.75) is 36.6 Å². The van der Waals surface area contributed by atoms with E-state index in [1.165, 1.54) is 0 Å². The van der Waals surface area contributed by atoms with Gasteiger partial charge >= 0.3 is 0 Å². The summed E-state index contributed by atoms with van der Waals surface area (Å²) in [4.78, 5) is 0. The van der Waals surface area contributed by atoms with E-state index >= 15 is 0 Å². The molecule has 2 heterocycles. The second kappa shape index (κ2) is 8.32. The molecule has 4 heteroatoms. The lowest BCUT2D eigenvalue weighted by molar-refractivity contribution is -0.191. The minimum absolute atomic E-state index is 0.0800. The first-order valence-electron chi connectivity index (χ1n) is 10.5. The molecule has 2 aliphatic rings. The number of hydrogen-bond donors (Lipinski definition) is 0. The molecule has 4 atom stereocenters. The van der Waals surface area contributed by atoms with Gasteiger partial charge in [0.2, 0.25) is 0 Å². The molecule has 0 saturated carbocycles. The number of benzene rings is 3. The third kappa shape index (κ3) is 3.57. The van der Waals surface area contributed by atoms with E-state index in [4.69, 9.17) is 18.9 Å². The van der Waals surface area contributed by atoms with Crippen molar-refractivity contribution in [3.05, 3.63) is 108 Å². The molecule has 4 nitrogen and oxygen atoms in total. The maximum absolute atomic E-state index is 6.86. The van der Waals surface area contributed by atoms with Crippen LogP contribution in [-0.2, 0) is 24.5 Å². The van der Waals surface area contributed by atoms with E-state index in [0.29, 0.717) is 6.61 Å². The first-order chi connectivity index (χ1) is 14.8. The van der Waals surface area contributed by atoms with Crippen molar-refractivity contribution in [2.75, 3.05) is 13.7 Å². The lowest BCUT2D eigenvalue weighted by atomic mass is 9.80. The van der Waals surface area contributed by atoms with Crippen LogP contribution in [0, 0.1) is 0 Å². The molecule has 2 saturated heterocycles. The highest BCUT2D eigenvalue weighted by Gasteiger charge is 2.52. The number of rotatable bonds is 7. The van der Waals surface area contributed by atoms with Gasteiger partial charge in [0.1, 0.15) is 17.8 Å². The molecule has 0 amide bonds. The Morgan fingerprint density at radius 2 is 1.27 bits per heavy atom. The van der Waals surface area contributed by atoms with Gasteiger partial charge in [-0.05, 0) is 16.7 Å². The third-order valence-electron chi connectivity index (χ3n) is 6.01. The Morgan fingerprint density at radius 1 is 0.767 bits per heavy atom. The molecule has 0 spiro atoms. The number of hydrogen-bond acceptors (Lipinski definition) is 4. The average Bonchev–Trinajstić information content (AvgIpc) is 3.61. The van der Waals surface area contributed by atoms with Crippen LogP contribution >= 0.6 is 0 Å². The largest absolute Gasteiger partial charge is 0.366 e. The van der Waals surface area contributed by atoms with Gasteiger partial charge in [-0.25, -0.2) is 0 Å². The summed E-state index contributed by atoms with van der Waals surface area (Å²) in [6.07, 6.45) is 0.651. The summed E-state index contributed by atoms with van der Waals surface area (Å²) >= 11 is 0. The molecule has 154 valence electrons. The lowest BCUT2D eigenvalue weighted by Crippen LogP contribution is -2.42. The Morgan fingerprint density at radius 3 is 1.73 bits per heavy atom. The Hall–Kier alpha value is -2.50. The number of epoxide rings is 1. The number of ether oxygens (including phenoxy) is 4. The van der Waals surface area contributed by atoms with Gasteiger partial charge in [0.05, 0.1) is 12.7 Å². The molecule has 0 radical (unpaired) electrons. The smallest absolute Gasteiger partial charge is 0.160 e. The van der Waals surface area contributed by atoms with Crippen molar-refractivity contribution in [2.24, 2.45) is 0 Å². The molecule has 0 bridgehead atoms. The van der Waals surface area contributed by atoms with Gasteiger partial charge in [0, 0.05) is 13.5 Å². The molecule has 2 aliphatic heterocycles. The minimum atomic E-state index is -0.752. The van der Waals surface area contributed by atoms with Gasteiger partial charge in [0.25, 0.3) is 0 Å². The van der Waals surface area contributed by atoms with Crippen molar-refractivity contribution in [3.8, 4) is 0 Å². The standard InChI is InChI=1S/C26H26O4/c1-27-24-17-22-25(30-22)23(29-24)18-28-26(19-11-5-2-6-12-19,20-13-7-3-8-14-20)21-15-9-4-10-16-21/h2-16,22-25H,17-18H2,1H3/t22-,23+,24-,25-/m1/s1. The highest BCUT2D eigenvalue weighted by atomic mass is 16.7. The summed E-state index contributed by atoms with van der Waals surface area (Å²) < 4.78 is 24.2. The van der Waals surface area contributed by atoms with Crippen LogP contribution in [0.1, 0.15) is 23.1 Å². The summed E-state index contributed by atoms with van der Waals surface area (Å²) in [5.41, 5.74) is 2.48. The van der Waals surface area contributed by atoms with E-state index in [-0.39, 0.29) is 24.6 Å². The second-order valence-corrected chi connectivity index (χ2v) is 7.80. The van der Waals surface area contributed by atoms with E-state index < -0.39 is 5.60 Å². The predicted octanol–water partition coefficient (Wildman–Crippen LogP) is 4.52. The molecule has 3 aromatic rings. The summed E-state index contributed by atoms with van der Waals surface area (Å²) in [5.74, 6) is 0. The van der Waals surface area contributed by atoms with Gasteiger partial charge in [-0.2, -0.15) is 0 Å². The van der Waals surface area contributed by atoms with E-state index in [1.54, 1.807) is 7.11 Å². The fourth-order valence-electron chi connectivity index (χ4n) is 4.45. The lowest BCUT2D eigenvalue weighted by Gasteiger charge is -2.37. The van der Waals surface area contributed by atoms with Crippen molar-refractivity contribution < 1.29 is 18.9 Å². The third-order valence-corrected chi connectivity index (χ3v) is 6.01. The highest BCUT2D eigenvalue weighted by Crippen LogP contribution is 2.43. The Kier molecular flexibility index (Phi) is 5.40. The Balaban J connectivity index is 1.56. The molecular weight excluding hydrogens is 376 g/mol. The zero-order valence-electron chi connectivity index (χ0n) is 17.0. The van der Waals surface area contributed by atoms with Gasteiger partial charge in [-0.15, -0.1) is 0 Å². The maximum Gasteiger partial charge on any atom is 0.160 e. The van der Waals surface area contributed by atoms with Crippen LogP contribution in [0.5, 0.6) is 0 Å². The minimum Gasteiger partial charge on any atom is -0.366 e. The van der Waals surface area contributed by atoms with E-state index in [1.807, 2.05) is 18.2 Å². The van der Waals surface area contributed by atoms with Crippen LogP contribution in [-0.4, -0.2) is 38.3 Å². The van der Waals surface area contributed by atoms with E-state index in [2.05, 4.69) is 72.8 Å². The van der Waals surface area contributed by atoms with Gasteiger partial charge in [0.15, 0.2) is 6.29 Å². The van der Waals surface area contributed by atoms with Crippen LogP contribution < -0.4 is 0 Å². The van der Waals surface area contributed by atoms with Gasteiger partial charge < -0.3 is 18.9 Å². The van der Waals surface area contributed by atoms with Crippen molar-refractivity contribution >= 4 is 0 Å². The Labute approximate surface area is 177 Å². The van der Waals surface area contributed by atoms with Crippen molar-refractivity contribution in [1.29, 1.82) is 0 Å². The van der Waals surface area contributed by atoms with Crippen LogP contribution in [0.2, 0.25) is 0 Å². The van der Waals surface area contributed by atoms with Crippen molar-refractivity contribution in [1.82, 2.24) is 0 Å². The zero-order valence-corrected chi connectivity index (χ0v) is 17.0.